The second kappa shape index (κ2) is 7.39. The monoisotopic (exact) mass is 300 g/mol. The average Bonchev–Trinajstić information content (AvgIpc) is 2.50. The smallest absolute Gasteiger partial charge is 0.132 e. The Morgan fingerprint density at radius 3 is 1.05 bits per heavy atom. The molecule has 0 fully saturated rings. The van der Waals surface area contributed by atoms with Gasteiger partial charge in [0.25, 0.3) is 0 Å². The molecule has 120 valence electrons. The summed E-state index contributed by atoms with van der Waals surface area (Å²) in [5.41, 5.74) is 6.46. The minimum atomic E-state index is 0.460. The van der Waals surface area contributed by atoms with Crippen LogP contribution in [-0.2, 0) is 9.59 Å². The summed E-state index contributed by atoms with van der Waals surface area (Å²) in [6.45, 7) is 0. The van der Waals surface area contributed by atoms with E-state index in [1.54, 1.807) is 22.3 Å². The number of fused-ring (bicyclic) bond motifs is 2. The Labute approximate surface area is 134 Å². The summed E-state index contributed by atoms with van der Waals surface area (Å²) >= 11 is 0. The Balaban J connectivity index is 1.72. The summed E-state index contributed by atoms with van der Waals surface area (Å²) in [4.78, 5) is 23.5. The third kappa shape index (κ3) is 3.59. The normalized spacial score (nSPS) is 25.3. The zero-order valence-corrected chi connectivity index (χ0v) is 13.7. The van der Waals surface area contributed by atoms with Crippen LogP contribution in [0.15, 0.2) is 22.3 Å². The fraction of sp³-hybridized carbons (Fsp3) is 0.700. The Hall–Kier alpha value is -1.18. The molecule has 3 rings (SSSR count). The Morgan fingerprint density at radius 2 is 0.636 bits per heavy atom. The lowest BCUT2D eigenvalue weighted by atomic mass is 9.71. The number of rotatable bonds is 0. The molecule has 0 spiro atoms. The summed E-state index contributed by atoms with van der Waals surface area (Å²) in [6.07, 6.45) is 14.1. The van der Waals surface area contributed by atoms with Gasteiger partial charge in [-0.05, 0) is 86.5 Å². The summed E-state index contributed by atoms with van der Waals surface area (Å²) in [6, 6.07) is 0. The fourth-order valence-corrected chi connectivity index (χ4v) is 4.30. The minimum Gasteiger partial charge on any atom is -0.300 e. The van der Waals surface area contributed by atoms with Crippen molar-refractivity contribution in [2.75, 3.05) is 0 Å². The number of allylic oxidation sites excluding steroid dienone is 4. The lowest BCUT2D eigenvalue weighted by Gasteiger charge is -2.33. The van der Waals surface area contributed by atoms with Crippen LogP contribution in [0.2, 0.25) is 0 Å². The SMILES string of the molecule is O=C1CCCCC2=C(CCC1)C1=C2CCCC(=O)CCCC1. The molecule has 0 aromatic rings. The molecule has 3 aliphatic carbocycles. The summed E-state index contributed by atoms with van der Waals surface area (Å²) < 4.78 is 0. The summed E-state index contributed by atoms with van der Waals surface area (Å²) in [5, 5.41) is 0. The van der Waals surface area contributed by atoms with Gasteiger partial charge in [-0.1, -0.05) is 0 Å². The molecule has 0 unspecified atom stereocenters. The van der Waals surface area contributed by atoms with E-state index in [4.69, 9.17) is 0 Å². The van der Waals surface area contributed by atoms with Crippen molar-refractivity contribution in [2.45, 2.75) is 89.9 Å². The van der Waals surface area contributed by atoms with Gasteiger partial charge in [0.1, 0.15) is 11.6 Å². The molecule has 2 nitrogen and oxygen atoms in total. The summed E-state index contributed by atoms with van der Waals surface area (Å²) in [5.74, 6) is 0.920. The lowest BCUT2D eigenvalue weighted by Crippen LogP contribution is -2.16. The van der Waals surface area contributed by atoms with Crippen LogP contribution >= 0.6 is 0 Å². The fourth-order valence-electron chi connectivity index (χ4n) is 4.30. The van der Waals surface area contributed by atoms with E-state index in [9.17, 15) is 9.59 Å². The van der Waals surface area contributed by atoms with E-state index in [1.165, 1.54) is 0 Å². The van der Waals surface area contributed by atoms with E-state index in [0.717, 1.165) is 89.9 Å². The minimum absolute atomic E-state index is 0.460. The molecular weight excluding hydrogens is 272 g/mol. The first-order chi connectivity index (χ1) is 10.8. The van der Waals surface area contributed by atoms with Gasteiger partial charge < -0.3 is 0 Å². The van der Waals surface area contributed by atoms with Crippen LogP contribution in [0.1, 0.15) is 89.9 Å². The van der Waals surface area contributed by atoms with E-state index in [1.807, 2.05) is 0 Å². The molecule has 0 radical (unpaired) electrons. The van der Waals surface area contributed by atoms with Crippen molar-refractivity contribution in [3.63, 3.8) is 0 Å². The topological polar surface area (TPSA) is 34.1 Å². The number of ketones is 2. The second-order valence-electron chi connectivity index (χ2n) is 7.11. The molecule has 2 heteroatoms. The lowest BCUT2D eigenvalue weighted by molar-refractivity contribution is -0.120. The Bertz CT molecular complexity index is 463. The third-order valence-corrected chi connectivity index (χ3v) is 5.49. The molecule has 0 aromatic heterocycles. The van der Waals surface area contributed by atoms with Gasteiger partial charge in [0.2, 0.25) is 0 Å². The highest BCUT2D eigenvalue weighted by molar-refractivity contribution is 5.79. The van der Waals surface area contributed by atoms with Gasteiger partial charge >= 0.3 is 0 Å². The number of Topliss-reactive ketones (excluding diaryl/α,β-unsaturated/α-hetero) is 2. The van der Waals surface area contributed by atoms with Gasteiger partial charge in [0.05, 0.1) is 0 Å². The predicted molar refractivity (Wildman–Crippen MR) is 88.7 cm³/mol. The largest absolute Gasteiger partial charge is 0.300 e. The van der Waals surface area contributed by atoms with Crippen molar-refractivity contribution in [1.82, 2.24) is 0 Å². The molecule has 0 bridgehead atoms. The van der Waals surface area contributed by atoms with E-state index in [2.05, 4.69) is 0 Å². The first-order valence-electron chi connectivity index (χ1n) is 9.24. The number of carbonyl (C=O) groups excluding carboxylic acids is 2. The van der Waals surface area contributed by atoms with Crippen molar-refractivity contribution in [3.05, 3.63) is 22.3 Å². The molecule has 0 heterocycles. The van der Waals surface area contributed by atoms with E-state index in [-0.39, 0.29) is 0 Å². The van der Waals surface area contributed by atoms with Crippen molar-refractivity contribution < 1.29 is 9.59 Å². The number of carbonyl (C=O) groups is 2. The molecular formula is C20H28O2. The molecule has 0 atom stereocenters. The highest BCUT2D eigenvalue weighted by atomic mass is 16.1. The van der Waals surface area contributed by atoms with E-state index in [0.29, 0.717) is 11.6 Å². The van der Waals surface area contributed by atoms with E-state index < -0.39 is 0 Å². The molecule has 3 aliphatic rings. The molecule has 22 heavy (non-hydrogen) atoms. The summed E-state index contributed by atoms with van der Waals surface area (Å²) in [7, 11) is 0. The van der Waals surface area contributed by atoms with Gasteiger partial charge in [0, 0.05) is 25.7 Å². The number of hydrogen-bond donors (Lipinski definition) is 0. The molecule has 0 saturated heterocycles. The maximum Gasteiger partial charge on any atom is 0.132 e. The van der Waals surface area contributed by atoms with Crippen LogP contribution in [0.25, 0.3) is 0 Å². The van der Waals surface area contributed by atoms with Gasteiger partial charge in [0.15, 0.2) is 0 Å². The highest BCUT2D eigenvalue weighted by Crippen LogP contribution is 2.46. The molecule has 0 aromatic carbocycles. The first kappa shape index (κ1) is 15.7. The maximum absolute atomic E-state index is 11.7. The maximum atomic E-state index is 11.7. The molecule has 0 saturated carbocycles. The zero-order valence-electron chi connectivity index (χ0n) is 13.7. The van der Waals surface area contributed by atoms with Gasteiger partial charge in [-0.15, -0.1) is 0 Å². The van der Waals surface area contributed by atoms with Gasteiger partial charge in [-0.3, -0.25) is 9.59 Å². The molecule has 0 aliphatic heterocycles. The third-order valence-electron chi connectivity index (χ3n) is 5.49. The number of hydrogen-bond acceptors (Lipinski definition) is 2. The van der Waals surface area contributed by atoms with Crippen LogP contribution in [0.4, 0.5) is 0 Å². The van der Waals surface area contributed by atoms with Gasteiger partial charge in [-0.2, -0.15) is 0 Å². The standard InChI is InChI=1S/C20H28O2/c21-15-7-1-3-11-17-19(13-5-9-15)18-12-4-2-8-16(22)10-6-14-20(17)18/h1-14H2. The quantitative estimate of drug-likeness (QED) is 0.614. The predicted octanol–water partition coefficient (Wildman–Crippen LogP) is 5.22. The van der Waals surface area contributed by atoms with Crippen LogP contribution in [0, 0.1) is 0 Å². The van der Waals surface area contributed by atoms with Crippen molar-refractivity contribution in [2.24, 2.45) is 0 Å². The van der Waals surface area contributed by atoms with Crippen LogP contribution in [0.5, 0.6) is 0 Å². The van der Waals surface area contributed by atoms with Crippen molar-refractivity contribution in [3.8, 4) is 0 Å². The van der Waals surface area contributed by atoms with Crippen molar-refractivity contribution in [1.29, 1.82) is 0 Å². The van der Waals surface area contributed by atoms with Crippen LogP contribution in [0.3, 0.4) is 0 Å². The van der Waals surface area contributed by atoms with Crippen LogP contribution in [-0.4, -0.2) is 11.6 Å². The van der Waals surface area contributed by atoms with Crippen LogP contribution < -0.4 is 0 Å². The Morgan fingerprint density at radius 1 is 0.364 bits per heavy atom. The van der Waals surface area contributed by atoms with E-state index >= 15 is 0 Å². The van der Waals surface area contributed by atoms with Gasteiger partial charge in [-0.25, -0.2) is 0 Å². The Kier molecular flexibility index (Phi) is 5.28. The zero-order chi connectivity index (χ0) is 15.4. The highest BCUT2D eigenvalue weighted by Gasteiger charge is 2.28. The second-order valence-corrected chi connectivity index (χ2v) is 7.11. The van der Waals surface area contributed by atoms with Crippen molar-refractivity contribution >= 4 is 11.6 Å². The molecule has 0 amide bonds. The first-order valence-corrected chi connectivity index (χ1v) is 9.24. The molecule has 0 N–H and O–H groups in total. The average molecular weight is 300 g/mol.